The van der Waals surface area contributed by atoms with Gasteiger partial charge in [-0.15, -0.1) is 11.3 Å². The predicted molar refractivity (Wildman–Crippen MR) is 85.1 cm³/mol. The maximum atomic E-state index is 13.9. The van der Waals surface area contributed by atoms with Crippen LogP contribution in [-0.4, -0.2) is 13.7 Å². The molecule has 0 spiro atoms. The van der Waals surface area contributed by atoms with E-state index in [0.717, 1.165) is 27.9 Å². The first-order valence-corrected chi connectivity index (χ1v) is 8.13. The number of rotatable bonds is 6. The SMILES string of the molecule is CCCNC(c1csc(Br)c1)c1ccc(OC)c(F)c1. The smallest absolute Gasteiger partial charge is 0.165 e. The molecule has 2 aromatic rings. The van der Waals surface area contributed by atoms with E-state index in [4.69, 9.17) is 4.74 Å². The summed E-state index contributed by atoms with van der Waals surface area (Å²) in [5.41, 5.74) is 2.04. The molecular formula is C15H17BrFNOS. The van der Waals surface area contributed by atoms with Crippen LogP contribution in [0.25, 0.3) is 0 Å². The van der Waals surface area contributed by atoms with Crippen molar-refractivity contribution in [2.45, 2.75) is 19.4 Å². The van der Waals surface area contributed by atoms with Crippen LogP contribution in [-0.2, 0) is 0 Å². The van der Waals surface area contributed by atoms with Gasteiger partial charge < -0.3 is 10.1 Å². The lowest BCUT2D eigenvalue weighted by molar-refractivity contribution is 0.385. The van der Waals surface area contributed by atoms with E-state index in [1.807, 2.05) is 6.07 Å². The summed E-state index contributed by atoms with van der Waals surface area (Å²) < 4.78 is 19.9. The van der Waals surface area contributed by atoms with Crippen LogP contribution in [0.2, 0.25) is 0 Å². The van der Waals surface area contributed by atoms with E-state index in [0.29, 0.717) is 0 Å². The minimum absolute atomic E-state index is 0.00194. The topological polar surface area (TPSA) is 21.3 Å². The van der Waals surface area contributed by atoms with Crippen LogP contribution in [0.3, 0.4) is 0 Å². The van der Waals surface area contributed by atoms with E-state index < -0.39 is 0 Å². The molecule has 1 unspecified atom stereocenters. The highest BCUT2D eigenvalue weighted by Gasteiger charge is 2.16. The van der Waals surface area contributed by atoms with Gasteiger partial charge in [-0.2, -0.15) is 0 Å². The number of hydrogen-bond acceptors (Lipinski definition) is 3. The first-order valence-electron chi connectivity index (χ1n) is 6.46. The van der Waals surface area contributed by atoms with Crippen molar-refractivity contribution in [2.24, 2.45) is 0 Å². The number of nitrogens with one attached hydrogen (secondary N) is 1. The van der Waals surface area contributed by atoms with Crippen molar-refractivity contribution in [3.63, 3.8) is 0 Å². The lowest BCUT2D eigenvalue weighted by Gasteiger charge is -2.18. The van der Waals surface area contributed by atoms with Crippen molar-refractivity contribution in [1.82, 2.24) is 5.32 Å². The Morgan fingerprint density at radius 3 is 2.70 bits per heavy atom. The van der Waals surface area contributed by atoms with E-state index in [1.165, 1.54) is 13.2 Å². The molecule has 1 N–H and O–H groups in total. The van der Waals surface area contributed by atoms with Crippen LogP contribution in [0.15, 0.2) is 33.4 Å². The molecule has 0 fully saturated rings. The molecule has 5 heteroatoms. The number of methoxy groups -OCH3 is 1. The Labute approximate surface area is 131 Å². The lowest BCUT2D eigenvalue weighted by atomic mass is 10.0. The van der Waals surface area contributed by atoms with E-state index in [-0.39, 0.29) is 17.6 Å². The molecule has 0 bridgehead atoms. The fourth-order valence-electron chi connectivity index (χ4n) is 2.05. The molecule has 0 aliphatic rings. The molecular weight excluding hydrogens is 341 g/mol. The summed E-state index contributed by atoms with van der Waals surface area (Å²) in [6.45, 7) is 2.99. The first-order chi connectivity index (χ1) is 9.65. The highest BCUT2D eigenvalue weighted by molar-refractivity contribution is 9.11. The number of ether oxygens (including phenoxy) is 1. The zero-order valence-electron chi connectivity index (χ0n) is 11.5. The monoisotopic (exact) mass is 357 g/mol. The molecule has 1 aromatic carbocycles. The quantitative estimate of drug-likeness (QED) is 0.805. The fraction of sp³-hybridized carbons (Fsp3) is 0.333. The molecule has 0 saturated carbocycles. The largest absolute Gasteiger partial charge is 0.494 e. The minimum Gasteiger partial charge on any atom is -0.494 e. The average molecular weight is 358 g/mol. The summed E-state index contributed by atoms with van der Waals surface area (Å²) in [6.07, 6.45) is 1.03. The molecule has 1 aromatic heterocycles. The summed E-state index contributed by atoms with van der Waals surface area (Å²) in [4.78, 5) is 0. The maximum absolute atomic E-state index is 13.9. The van der Waals surface area contributed by atoms with Gasteiger partial charge in [0.2, 0.25) is 0 Å². The van der Waals surface area contributed by atoms with Gasteiger partial charge in [0, 0.05) is 0 Å². The van der Waals surface area contributed by atoms with Gasteiger partial charge in [0.1, 0.15) is 0 Å². The molecule has 1 heterocycles. The van der Waals surface area contributed by atoms with Crippen LogP contribution in [0, 0.1) is 5.82 Å². The summed E-state index contributed by atoms with van der Waals surface area (Å²) in [5, 5.41) is 5.54. The van der Waals surface area contributed by atoms with E-state index in [1.54, 1.807) is 17.4 Å². The Bertz CT molecular complexity index is 573. The van der Waals surface area contributed by atoms with E-state index >= 15 is 0 Å². The van der Waals surface area contributed by atoms with Gasteiger partial charge in [0.15, 0.2) is 11.6 Å². The van der Waals surface area contributed by atoms with Crippen molar-refractivity contribution in [3.8, 4) is 5.75 Å². The Hall–Kier alpha value is -0.910. The van der Waals surface area contributed by atoms with Gasteiger partial charge in [0.25, 0.3) is 0 Å². The van der Waals surface area contributed by atoms with Crippen LogP contribution < -0.4 is 10.1 Å². The summed E-state index contributed by atoms with van der Waals surface area (Å²) in [5.74, 6) is -0.0583. The lowest BCUT2D eigenvalue weighted by Crippen LogP contribution is -2.22. The van der Waals surface area contributed by atoms with Gasteiger partial charge in [-0.3, -0.25) is 0 Å². The molecule has 0 aliphatic heterocycles. The van der Waals surface area contributed by atoms with Gasteiger partial charge in [-0.05, 0) is 63.6 Å². The van der Waals surface area contributed by atoms with Crippen molar-refractivity contribution >= 4 is 27.3 Å². The molecule has 2 rings (SSSR count). The zero-order chi connectivity index (χ0) is 14.5. The third kappa shape index (κ3) is 3.59. The third-order valence-corrected chi connectivity index (χ3v) is 4.55. The Kier molecular flexibility index (Phi) is 5.57. The fourth-order valence-corrected chi connectivity index (χ4v) is 3.26. The van der Waals surface area contributed by atoms with Crippen molar-refractivity contribution in [3.05, 3.63) is 50.4 Å². The average Bonchev–Trinajstić information content (AvgIpc) is 2.86. The molecule has 0 amide bonds. The minimum atomic E-state index is -0.331. The molecule has 2 nitrogen and oxygen atoms in total. The predicted octanol–water partition coefficient (Wildman–Crippen LogP) is 4.75. The van der Waals surface area contributed by atoms with Gasteiger partial charge >= 0.3 is 0 Å². The van der Waals surface area contributed by atoms with Gasteiger partial charge in [0.05, 0.1) is 16.9 Å². The first kappa shape index (κ1) is 15.5. The third-order valence-electron chi connectivity index (χ3n) is 3.03. The molecule has 1 atom stereocenters. The molecule has 108 valence electrons. The van der Waals surface area contributed by atoms with Crippen LogP contribution in [0.5, 0.6) is 5.75 Å². The second-order valence-electron chi connectivity index (χ2n) is 4.47. The Morgan fingerprint density at radius 1 is 1.35 bits per heavy atom. The Morgan fingerprint density at radius 2 is 2.15 bits per heavy atom. The van der Waals surface area contributed by atoms with Crippen molar-refractivity contribution < 1.29 is 9.13 Å². The van der Waals surface area contributed by atoms with Crippen LogP contribution in [0.4, 0.5) is 4.39 Å². The molecule has 0 aliphatic carbocycles. The molecule has 20 heavy (non-hydrogen) atoms. The van der Waals surface area contributed by atoms with E-state index in [2.05, 4.69) is 39.6 Å². The summed E-state index contributed by atoms with van der Waals surface area (Å²) in [7, 11) is 1.47. The number of halogens is 2. The summed E-state index contributed by atoms with van der Waals surface area (Å²) in [6, 6.07) is 7.18. The van der Waals surface area contributed by atoms with E-state index in [9.17, 15) is 4.39 Å². The second-order valence-corrected chi connectivity index (χ2v) is 6.76. The van der Waals surface area contributed by atoms with Gasteiger partial charge in [-0.25, -0.2) is 4.39 Å². The summed E-state index contributed by atoms with van der Waals surface area (Å²) >= 11 is 5.11. The number of thiophene rings is 1. The zero-order valence-corrected chi connectivity index (χ0v) is 13.9. The second kappa shape index (κ2) is 7.20. The normalized spacial score (nSPS) is 12.4. The molecule has 0 radical (unpaired) electrons. The molecule has 0 saturated heterocycles. The highest BCUT2D eigenvalue weighted by atomic mass is 79.9. The maximum Gasteiger partial charge on any atom is 0.165 e. The highest BCUT2D eigenvalue weighted by Crippen LogP contribution is 2.31. The standard InChI is InChI=1S/C15H17BrFNOS/c1-3-6-18-15(11-8-14(16)20-9-11)10-4-5-13(19-2)12(17)7-10/h4-5,7-9,15,18H,3,6H2,1-2H3. The van der Waals surface area contributed by atoms with Crippen molar-refractivity contribution in [2.75, 3.05) is 13.7 Å². The van der Waals surface area contributed by atoms with Crippen molar-refractivity contribution in [1.29, 1.82) is 0 Å². The van der Waals surface area contributed by atoms with Crippen LogP contribution in [0.1, 0.15) is 30.5 Å². The number of benzene rings is 1. The van der Waals surface area contributed by atoms with Crippen LogP contribution >= 0.6 is 27.3 Å². The van der Waals surface area contributed by atoms with Gasteiger partial charge in [-0.1, -0.05) is 13.0 Å². The Balaban J connectivity index is 2.33. The number of hydrogen-bond donors (Lipinski definition) is 1.